The Kier molecular flexibility index (Phi) is 3.99. The maximum absolute atomic E-state index is 7.97. The van der Waals surface area contributed by atoms with Crippen LogP contribution in [0.2, 0.25) is 0 Å². The maximum atomic E-state index is 7.97. The average Bonchev–Trinajstić information content (AvgIpc) is 2.29. The number of nitrogens with one attached hydrogen (secondary N) is 2. The molecule has 1 unspecified atom stereocenters. The highest BCUT2D eigenvalue weighted by molar-refractivity contribution is 6.01. The van der Waals surface area contributed by atoms with Crippen molar-refractivity contribution in [2.45, 2.75) is 26.3 Å². The second-order valence-electron chi connectivity index (χ2n) is 3.59. The van der Waals surface area contributed by atoms with E-state index in [2.05, 4.69) is 4.98 Å². The molecule has 1 heterocycles. The lowest BCUT2D eigenvalue weighted by Crippen LogP contribution is -2.37. The van der Waals surface area contributed by atoms with E-state index in [0.717, 1.165) is 12.8 Å². The third-order valence-corrected chi connectivity index (χ3v) is 2.48. The zero-order valence-electron chi connectivity index (χ0n) is 9.57. The molecule has 0 fully saturated rings. The molecule has 0 saturated carbocycles. The zero-order chi connectivity index (χ0) is 12.1. The van der Waals surface area contributed by atoms with Gasteiger partial charge in [-0.15, -0.1) is 0 Å². The second-order valence-corrected chi connectivity index (χ2v) is 3.59. The number of amidine groups is 1. The van der Waals surface area contributed by atoms with Crippen molar-refractivity contribution < 1.29 is 0 Å². The van der Waals surface area contributed by atoms with E-state index in [1.165, 1.54) is 0 Å². The molecule has 5 heteroatoms. The summed E-state index contributed by atoms with van der Waals surface area (Å²) in [6, 6.07) is 5.25. The van der Waals surface area contributed by atoms with Crippen LogP contribution < -0.4 is 5.73 Å². The minimum Gasteiger partial charge on any atom is -0.384 e. The molecule has 0 bridgehead atoms. The molecule has 0 aliphatic heterocycles. The van der Waals surface area contributed by atoms with E-state index >= 15 is 0 Å². The summed E-state index contributed by atoms with van der Waals surface area (Å²) in [6.45, 7) is 3.98. The highest BCUT2D eigenvalue weighted by atomic mass is 15.2. The van der Waals surface area contributed by atoms with E-state index in [9.17, 15) is 0 Å². The first-order valence-corrected chi connectivity index (χ1v) is 5.20. The van der Waals surface area contributed by atoms with E-state index in [1.54, 1.807) is 23.1 Å². The molecular formula is C11H17N5. The molecule has 16 heavy (non-hydrogen) atoms. The second kappa shape index (κ2) is 5.25. The van der Waals surface area contributed by atoms with Crippen LogP contribution in [0, 0.1) is 10.8 Å². The molecule has 0 aliphatic carbocycles. The van der Waals surface area contributed by atoms with Crippen molar-refractivity contribution in [3.8, 4) is 0 Å². The normalized spacial score (nSPS) is 11.9. The molecule has 0 amide bonds. The summed E-state index contributed by atoms with van der Waals surface area (Å²) in [4.78, 5) is 5.64. The van der Waals surface area contributed by atoms with Gasteiger partial charge in [-0.1, -0.05) is 13.0 Å². The van der Waals surface area contributed by atoms with Crippen molar-refractivity contribution in [3.05, 3.63) is 23.9 Å². The highest BCUT2D eigenvalue weighted by Crippen LogP contribution is 2.08. The van der Waals surface area contributed by atoms with Gasteiger partial charge < -0.3 is 10.6 Å². The molecule has 1 aromatic heterocycles. The largest absolute Gasteiger partial charge is 0.384 e. The van der Waals surface area contributed by atoms with Crippen molar-refractivity contribution in [2.75, 3.05) is 5.73 Å². The van der Waals surface area contributed by atoms with Crippen molar-refractivity contribution in [2.24, 2.45) is 0 Å². The lowest BCUT2D eigenvalue weighted by Gasteiger charge is -2.25. The molecular weight excluding hydrogens is 202 g/mol. The fourth-order valence-corrected chi connectivity index (χ4v) is 1.32. The third-order valence-electron chi connectivity index (χ3n) is 2.48. The number of hydrogen-bond donors (Lipinski definition) is 3. The number of nitrogens with two attached hydrogens (primary N) is 1. The van der Waals surface area contributed by atoms with Crippen LogP contribution in [0.1, 0.15) is 26.0 Å². The summed E-state index contributed by atoms with van der Waals surface area (Å²) < 4.78 is 0. The van der Waals surface area contributed by atoms with E-state index in [4.69, 9.17) is 16.6 Å². The van der Waals surface area contributed by atoms with Gasteiger partial charge in [0.15, 0.2) is 5.84 Å². The fourth-order valence-electron chi connectivity index (χ4n) is 1.32. The fraction of sp³-hybridized carbons (Fsp3) is 0.364. The number of anilines is 1. The predicted molar refractivity (Wildman–Crippen MR) is 65.9 cm³/mol. The van der Waals surface area contributed by atoms with Gasteiger partial charge in [-0.3, -0.25) is 10.8 Å². The van der Waals surface area contributed by atoms with Gasteiger partial charge >= 0.3 is 0 Å². The maximum Gasteiger partial charge on any atom is 0.152 e. The van der Waals surface area contributed by atoms with Crippen molar-refractivity contribution in [1.29, 1.82) is 10.8 Å². The molecule has 0 radical (unpaired) electrons. The summed E-state index contributed by atoms with van der Waals surface area (Å²) >= 11 is 0. The smallest absolute Gasteiger partial charge is 0.152 e. The predicted octanol–water partition coefficient (Wildman–Crippen LogP) is 1.70. The Balaban J connectivity index is 2.95. The summed E-state index contributed by atoms with van der Waals surface area (Å²) in [7, 11) is 0. The van der Waals surface area contributed by atoms with E-state index in [0.29, 0.717) is 11.5 Å². The minimum atomic E-state index is 0.105. The lowest BCUT2D eigenvalue weighted by molar-refractivity contribution is 0.458. The number of hydrogen-bond acceptors (Lipinski definition) is 4. The van der Waals surface area contributed by atoms with E-state index in [1.807, 2.05) is 13.8 Å². The summed E-state index contributed by atoms with van der Waals surface area (Å²) in [5.41, 5.74) is 6.05. The van der Waals surface area contributed by atoms with Gasteiger partial charge in [-0.05, 0) is 25.5 Å². The Morgan fingerprint density at radius 2 is 2.31 bits per heavy atom. The summed E-state index contributed by atoms with van der Waals surface area (Å²) in [5, 5.41) is 15.3. The molecule has 1 atom stereocenters. The van der Waals surface area contributed by atoms with Gasteiger partial charge in [-0.2, -0.15) is 0 Å². The number of aromatic nitrogens is 1. The Hall–Kier alpha value is -1.91. The third kappa shape index (κ3) is 2.56. The monoisotopic (exact) mass is 219 g/mol. The Morgan fingerprint density at radius 1 is 1.62 bits per heavy atom. The minimum absolute atomic E-state index is 0.105. The van der Waals surface area contributed by atoms with Crippen LogP contribution in [0.5, 0.6) is 0 Å². The number of nitrogens with zero attached hydrogens (tertiary/aromatic N) is 2. The van der Waals surface area contributed by atoms with Crippen LogP contribution in [0.3, 0.4) is 0 Å². The van der Waals surface area contributed by atoms with Crippen LogP contribution in [-0.4, -0.2) is 28.1 Å². The molecule has 4 N–H and O–H groups in total. The Morgan fingerprint density at radius 3 is 2.81 bits per heavy atom. The van der Waals surface area contributed by atoms with Gasteiger partial charge in [0.1, 0.15) is 11.5 Å². The Labute approximate surface area is 95.3 Å². The molecule has 0 aromatic carbocycles. The van der Waals surface area contributed by atoms with Gasteiger partial charge in [0.25, 0.3) is 0 Å². The highest BCUT2D eigenvalue weighted by Gasteiger charge is 2.16. The molecule has 1 rings (SSSR count). The SMILES string of the molecule is CCC(C)N(C=N)C(=N)c1cccc(N)n1. The molecule has 0 spiro atoms. The number of pyridine rings is 1. The van der Waals surface area contributed by atoms with Crippen LogP contribution in [-0.2, 0) is 0 Å². The average molecular weight is 219 g/mol. The number of nitrogen functional groups attached to an aromatic ring is 1. The van der Waals surface area contributed by atoms with E-state index < -0.39 is 0 Å². The molecule has 0 aliphatic rings. The van der Waals surface area contributed by atoms with Crippen molar-refractivity contribution in [1.82, 2.24) is 9.88 Å². The van der Waals surface area contributed by atoms with Crippen LogP contribution in [0.25, 0.3) is 0 Å². The van der Waals surface area contributed by atoms with Crippen LogP contribution in [0.4, 0.5) is 5.82 Å². The molecule has 5 nitrogen and oxygen atoms in total. The first kappa shape index (κ1) is 12.2. The van der Waals surface area contributed by atoms with E-state index in [-0.39, 0.29) is 11.9 Å². The van der Waals surface area contributed by atoms with Crippen LogP contribution in [0.15, 0.2) is 18.2 Å². The molecule has 86 valence electrons. The molecule has 1 aromatic rings. The van der Waals surface area contributed by atoms with Gasteiger partial charge in [0.05, 0.1) is 6.34 Å². The lowest BCUT2D eigenvalue weighted by atomic mass is 10.2. The summed E-state index contributed by atoms with van der Waals surface area (Å²) in [6.07, 6.45) is 2.02. The quantitative estimate of drug-likeness (QED) is 0.531. The Bertz CT molecular complexity index is 388. The standard InChI is InChI=1S/C11H17N5/c1-3-8(2)16(7-12)11(14)9-5-4-6-10(13)15-9/h4-8,12,14H,3H2,1-2H3,(H2,13,15). The van der Waals surface area contributed by atoms with Crippen molar-refractivity contribution >= 4 is 18.0 Å². The zero-order valence-corrected chi connectivity index (χ0v) is 9.57. The van der Waals surface area contributed by atoms with Gasteiger partial charge in [0, 0.05) is 6.04 Å². The van der Waals surface area contributed by atoms with Gasteiger partial charge in [-0.25, -0.2) is 4.98 Å². The molecule has 0 saturated heterocycles. The number of rotatable bonds is 4. The first-order chi connectivity index (χ1) is 7.60. The topological polar surface area (TPSA) is 89.9 Å². The summed E-state index contributed by atoms with van der Waals surface area (Å²) in [5.74, 6) is 0.591. The van der Waals surface area contributed by atoms with Crippen molar-refractivity contribution in [3.63, 3.8) is 0 Å². The van der Waals surface area contributed by atoms with Gasteiger partial charge in [0.2, 0.25) is 0 Å². The van der Waals surface area contributed by atoms with Crippen LogP contribution >= 0.6 is 0 Å². The first-order valence-electron chi connectivity index (χ1n) is 5.20.